The number of anilines is 1. The lowest BCUT2D eigenvalue weighted by molar-refractivity contribution is -0.255. The number of carbonyl (C=O) groups excluding carboxylic acids is 4. The van der Waals surface area contributed by atoms with Crippen LogP contribution in [0.25, 0.3) is 0 Å². The van der Waals surface area contributed by atoms with Crippen molar-refractivity contribution < 1.29 is 24.3 Å². The second-order valence-electron chi connectivity index (χ2n) is 6.18. The number of imide groups is 1. The van der Waals surface area contributed by atoms with Crippen LogP contribution in [0.2, 0.25) is 0 Å². The average Bonchev–Trinajstić information content (AvgIpc) is 2.94. The Bertz CT molecular complexity index is 907. The number of rotatable bonds is 7. The molecule has 0 unspecified atom stereocenters. The van der Waals surface area contributed by atoms with Crippen molar-refractivity contribution in [2.24, 2.45) is 0 Å². The van der Waals surface area contributed by atoms with Crippen molar-refractivity contribution in [1.29, 1.82) is 0 Å². The number of carboxylic acid groups (broad SMARTS) is 1. The van der Waals surface area contributed by atoms with Gasteiger partial charge in [-0.25, -0.2) is 0 Å². The number of carbonyl (C=O) groups is 4. The molecular weight excluding hydrogens is 380 g/mol. The standard InChI is InChI=1S/C20H18N2O5S/c1-28-11-10-16(17(23)21-13-8-6-12(7-9-13)20(26)27)22-18(24)14-4-2-3-5-15(14)19(22)25/h2-9,16H,10-11H2,1H3,(H,21,23)(H,26,27)/p-1/t16-/m1/s1. The molecule has 8 heteroatoms. The van der Waals surface area contributed by atoms with Gasteiger partial charge in [0.2, 0.25) is 5.91 Å². The van der Waals surface area contributed by atoms with Crippen LogP contribution in [-0.2, 0) is 4.79 Å². The topological polar surface area (TPSA) is 107 Å². The van der Waals surface area contributed by atoms with Crippen LogP contribution in [0.5, 0.6) is 0 Å². The lowest BCUT2D eigenvalue weighted by Gasteiger charge is -2.25. The summed E-state index contributed by atoms with van der Waals surface area (Å²) in [5.74, 6) is -2.23. The largest absolute Gasteiger partial charge is 0.545 e. The van der Waals surface area contributed by atoms with Crippen LogP contribution in [0.1, 0.15) is 37.5 Å². The van der Waals surface area contributed by atoms with Crippen LogP contribution in [0.15, 0.2) is 48.5 Å². The number of nitrogens with one attached hydrogen (secondary N) is 1. The van der Waals surface area contributed by atoms with E-state index < -0.39 is 29.7 Å². The molecule has 0 saturated heterocycles. The molecule has 0 aromatic heterocycles. The highest BCUT2D eigenvalue weighted by Crippen LogP contribution is 2.26. The summed E-state index contributed by atoms with van der Waals surface area (Å²) in [6, 6.07) is 11.0. The molecule has 1 aliphatic rings. The molecule has 0 bridgehead atoms. The molecule has 0 radical (unpaired) electrons. The van der Waals surface area contributed by atoms with E-state index in [2.05, 4.69) is 5.32 Å². The molecule has 1 aliphatic heterocycles. The predicted octanol–water partition coefficient (Wildman–Crippen LogP) is 1.41. The zero-order valence-electron chi connectivity index (χ0n) is 15.0. The minimum Gasteiger partial charge on any atom is -0.545 e. The average molecular weight is 397 g/mol. The van der Waals surface area contributed by atoms with Crippen molar-refractivity contribution in [3.63, 3.8) is 0 Å². The predicted molar refractivity (Wildman–Crippen MR) is 103 cm³/mol. The number of carboxylic acids is 1. The minimum absolute atomic E-state index is 0.0164. The van der Waals surface area contributed by atoms with Gasteiger partial charge in [0, 0.05) is 5.69 Å². The molecule has 0 fully saturated rings. The monoisotopic (exact) mass is 397 g/mol. The molecule has 3 rings (SSSR count). The summed E-state index contributed by atoms with van der Waals surface area (Å²) >= 11 is 1.50. The molecule has 1 atom stereocenters. The highest BCUT2D eigenvalue weighted by molar-refractivity contribution is 7.98. The summed E-state index contributed by atoms with van der Waals surface area (Å²) < 4.78 is 0. The highest BCUT2D eigenvalue weighted by Gasteiger charge is 2.42. The number of hydrogen-bond donors (Lipinski definition) is 1. The molecular formula is C20H17N2O5S-. The molecule has 0 spiro atoms. The van der Waals surface area contributed by atoms with Crippen LogP contribution in [-0.4, -0.2) is 46.6 Å². The Balaban J connectivity index is 1.84. The molecule has 1 heterocycles. The van der Waals surface area contributed by atoms with Gasteiger partial charge in [0.05, 0.1) is 17.1 Å². The summed E-state index contributed by atoms with van der Waals surface area (Å²) in [6.45, 7) is 0. The maximum atomic E-state index is 12.9. The second-order valence-corrected chi connectivity index (χ2v) is 7.16. The summed E-state index contributed by atoms with van der Waals surface area (Å²) in [5, 5.41) is 13.5. The zero-order valence-corrected chi connectivity index (χ0v) is 15.8. The van der Waals surface area contributed by atoms with Gasteiger partial charge >= 0.3 is 0 Å². The van der Waals surface area contributed by atoms with E-state index in [0.717, 1.165) is 4.90 Å². The van der Waals surface area contributed by atoms with E-state index in [1.165, 1.54) is 36.0 Å². The number of fused-ring (bicyclic) bond motifs is 1. The molecule has 7 nitrogen and oxygen atoms in total. The second kappa shape index (κ2) is 8.26. The van der Waals surface area contributed by atoms with Gasteiger partial charge in [-0.1, -0.05) is 24.3 Å². The fourth-order valence-electron chi connectivity index (χ4n) is 3.01. The van der Waals surface area contributed by atoms with Crippen LogP contribution in [0.4, 0.5) is 5.69 Å². The van der Waals surface area contributed by atoms with Gasteiger partial charge in [0.25, 0.3) is 11.8 Å². The maximum absolute atomic E-state index is 12.9. The third kappa shape index (κ3) is 3.77. The van der Waals surface area contributed by atoms with Crippen molar-refractivity contribution in [3.8, 4) is 0 Å². The van der Waals surface area contributed by atoms with E-state index in [1.54, 1.807) is 24.3 Å². The lowest BCUT2D eigenvalue weighted by atomic mass is 10.1. The van der Waals surface area contributed by atoms with Crippen molar-refractivity contribution in [3.05, 3.63) is 65.2 Å². The Morgan fingerprint density at radius 1 is 1.04 bits per heavy atom. The van der Waals surface area contributed by atoms with Crippen LogP contribution in [0, 0.1) is 0 Å². The molecule has 28 heavy (non-hydrogen) atoms. The SMILES string of the molecule is CSCC[C@H](C(=O)Nc1ccc(C(=O)[O-])cc1)N1C(=O)c2ccccc2C1=O. The maximum Gasteiger partial charge on any atom is 0.262 e. The highest BCUT2D eigenvalue weighted by atomic mass is 32.2. The van der Waals surface area contributed by atoms with Crippen molar-refractivity contribution in [2.75, 3.05) is 17.3 Å². The summed E-state index contributed by atoms with van der Waals surface area (Å²) in [4.78, 5) is 50.2. The van der Waals surface area contributed by atoms with Gasteiger partial charge < -0.3 is 15.2 Å². The molecule has 0 saturated carbocycles. The smallest absolute Gasteiger partial charge is 0.262 e. The van der Waals surface area contributed by atoms with Crippen molar-refractivity contribution >= 4 is 41.1 Å². The van der Waals surface area contributed by atoms with Gasteiger partial charge in [-0.3, -0.25) is 19.3 Å². The molecule has 1 N–H and O–H groups in total. The Morgan fingerprint density at radius 3 is 2.11 bits per heavy atom. The fourth-order valence-corrected chi connectivity index (χ4v) is 3.47. The molecule has 2 aromatic carbocycles. The van der Waals surface area contributed by atoms with Crippen LogP contribution < -0.4 is 10.4 Å². The Morgan fingerprint density at radius 2 is 1.61 bits per heavy atom. The lowest BCUT2D eigenvalue weighted by Crippen LogP contribution is -2.47. The van der Waals surface area contributed by atoms with Gasteiger partial charge in [0.15, 0.2) is 0 Å². The first-order chi connectivity index (χ1) is 13.4. The van der Waals surface area contributed by atoms with E-state index in [1.807, 2.05) is 6.26 Å². The first kappa shape index (κ1) is 19.6. The molecule has 3 amide bonds. The van der Waals surface area contributed by atoms with E-state index in [0.29, 0.717) is 17.9 Å². The van der Waals surface area contributed by atoms with Gasteiger partial charge in [-0.2, -0.15) is 11.8 Å². The number of aromatic carboxylic acids is 1. The van der Waals surface area contributed by atoms with Gasteiger partial charge in [0.1, 0.15) is 6.04 Å². The molecule has 2 aromatic rings. The Hall–Kier alpha value is -3.13. The Kier molecular flexibility index (Phi) is 5.79. The zero-order chi connectivity index (χ0) is 20.3. The normalized spacial score (nSPS) is 14.0. The van der Waals surface area contributed by atoms with Crippen LogP contribution in [0.3, 0.4) is 0 Å². The number of benzene rings is 2. The fraction of sp³-hybridized carbons (Fsp3) is 0.200. The third-order valence-electron chi connectivity index (χ3n) is 4.42. The summed E-state index contributed by atoms with van der Waals surface area (Å²) in [6.07, 6.45) is 2.17. The quantitative estimate of drug-likeness (QED) is 0.708. The number of nitrogens with zero attached hydrogens (tertiary/aromatic N) is 1. The van der Waals surface area contributed by atoms with E-state index in [4.69, 9.17) is 0 Å². The summed E-state index contributed by atoms with van der Waals surface area (Å²) in [5.41, 5.74) is 0.915. The van der Waals surface area contributed by atoms with E-state index in [9.17, 15) is 24.3 Å². The number of amides is 3. The van der Waals surface area contributed by atoms with E-state index in [-0.39, 0.29) is 16.7 Å². The first-order valence-electron chi connectivity index (χ1n) is 8.52. The third-order valence-corrected chi connectivity index (χ3v) is 5.07. The van der Waals surface area contributed by atoms with Gasteiger partial charge in [-0.05, 0) is 48.3 Å². The molecule has 0 aliphatic carbocycles. The minimum atomic E-state index is -1.32. The van der Waals surface area contributed by atoms with Crippen LogP contribution >= 0.6 is 11.8 Å². The van der Waals surface area contributed by atoms with Crippen molar-refractivity contribution in [2.45, 2.75) is 12.5 Å². The summed E-state index contributed by atoms with van der Waals surface area (Å²) in [7, 11) is 0. The van der Waals surface area contributed by atoms with Gasteiger partial charge in [-0.15, -0.1) is 0 Å². The van der Waals surface area contributed by atoms with E-state index >= 15 is 0 Å². The van der Waals surface area contributed by atoms with Crippen molar-refractivity contribution in [1.82, 2.24) is 4.90 Å². The first-order valence-corrected chi connectivity index (χ1v) is 9.91. The molecule has 144 valence electrons. The number of hydrogen-bond acceptors (Lipinski definition) is 6. The Labute approximate surface area is 165 Å². The number of thioether (sulfide) groups is 1.